The van der Waals surface area contributed by atoms with Gasteiger partial charge in [0.05, 0.1) is 5.25 Å². The van der Waals surface area contributed by atoms with Crippen molar-refractivity contribution in [2.75, 3.05) is 17.9 Å². The zero-order chi connectivity index (χ0) is 14.2. The summed E-state index contributed by atoms with van der Waals surface area (Å²) in [6, 6.07) is 1.60. The number of hydrogen-bond donors (Lipinski definition) is 1. The fraction of sp³-hybridized carbons (Fsp3) is 0.692. The van der Waals surface area contributed by atoms with Crippen molar-refractivity contribution in [2.24, 2.45) is 0 Å². The summed E-state index contributed by atoms with van der Waals surface area (Å²) in [5.41, 5.74) is -0.140. The smallest absolute Gasteiger partial charge is 0.236 e. The van der Waals surface area contributed by atoms with Crippen LogP contribution >= 0.6 is 0 Å². The van der Waals surface area contributed by atoms with Gasteiger partial charge in [-0.05, 0) is 31.7 Å². The first kappa shape index (κ1) is 13.8. The van der Waals surface area contributed by atoms with Crippen molar-refractivity contribution < 1.29 is 13.2 Å². The molecule has 1 aromatic heterocycles. The third-order valence-corrected chi connectivity index (χ3v) is 5.84. The minimum Gasteiger partial charge on any atom is -0.381 e. The first-order chi connectivity index (χ1) is 9.50. The van der Waals surface area contributed by atoms with Gasteiger partial charge in [-0.3, -0.25) is 4.72 Å². The second-order valence-corrected chi connectivity index (χ2v) is 7.75. The molecule has 2 heterocycles. The monoisotopic (exact) mass is 297 g/mol. The lowest BCUT2D eigenvalue weighted by atomic mass is 9.81. The van der Waals surface area contributed by atoms with Crippen LogP contribution < -0.4 is 4.72 Å². The summed E-state index contributed by atoms with van der Waals surface area (Å²) >= 11 is 0. The molecule has 0 amide bonds. The zero-order valence-electron chi connectivity index (χ0n) is 11.5. The van der Waals surface area contributed by atoms with Crippen molar-refractivity contribution in [3.05, 3.63) is 18.1 Å². The van der Waals surface area contributed by atoms with Crippen molar-refractivity contribution in [3.8, 4) is 0 Å². The van der Waals surface area contributed by atoms with Crippen LogP contribution in [0.4, 0.5) is 5.82 Å². The average molecular weight is 297 g/mol. The van der Waals surface area contributed by atoms with E-state index in [1.165, 1.54) is 0 Å². The lowest BCUT2D eigenvalue weighted by molar-refractivity contribution is 0.0536. The number of ether oxygens (including phenoxy) is 1. The lowest BCUT2D eigenvalue weighted by Gasteiger charge is -2.31. The number of nitrogens with one attached hydrogen (secondary N) is 1. The highest BCUT2D eigenvalue weighted by molar-refractivity contribution is 7.93. The minimum absolute atomic E-state index is 0.140. The number of nitrogens with zero attached hydrogens (tertiary/aromatic N) is 2. The number of hydrogen-bond acceptors (Lipinski definition) is 5. The van der Waals surface area contributed by atoms with Crippen LogP contribution in [0.15, 0.2) is 12.3 Å². The highest BCUT2D eigenvalue weighted by atomic mass is 32.2. The quantitative estimate of drug-likeness (QED) is 0.909. The van der Waals surface area contributed by atoms with Gasteiger partial charge in [-0.2, -0.15) is 0 Å². The van der Waals surface area contributed by atoms with Crippen LogP contribution in [-0.4, -0.2) is 36.8 Å². The summed E-state index contributed by atoms with van der Waals surface area (Å²) in [7, 11) is -3.27. The molecule has 0 radical (unpaired) electrons. The molecule has 0 bridgehead atoms. The maximum atomic E-state index is 11.9. The van der Waals surface area contributed by atoms with Crippen LogP contribution in [-0.2, 0) is 20.2 Å². The van der Waals surface area contributed by atoms with Crippen molar-refractivity contribution >= 4 is 15.8 Å². The largest absolute Gasteiger partial charge is 0.381 e. The van der Waals surface area contributed by atoms with Crippen molar-refractivity contribution in [2.45, 2.75) is 43.3 Å². The van der Waals surface area contributed by atoms with Crippen LogP contribution in [0, 0.1) is 0 Å². The summed E-state index contributed by atoms with van der Waals surface area (Å²) in [5, 5.41) is -0.250. The van der Waals surface area contributed by atoms with E-state index in [0.717, 1.165) is 25.7 Å². The predicted octanol–water partition coefficient (Wildman–Crippen LogP) is 1.45. The van der Waals surface area contributed by atoms with Crippen molar-refractivity contribution in [1.82, 2.24) is 9.97 Å². The standard InChI is InChI=1S/C13H19N3O3S/c1-13(5-8-19-9-6-13)12-14-7-4-11(15-12)16-20(17,18)10-2-3-10/h4,7,10H,2-3,5-6,8-9H2,1H3,(H,14,15,16). The molecule has 1 N–H and O–H groups in total. The topological polar surface area (TPSA) is 81.2 Å². The van der Waals surface area contributed by atoms with E-state index in [9.17, 15) is 8.42 Å². The van der Waals surface area contributed by atoms with E-state index in [2.05, 4.69) is 21.6 Å². The Balaban J connectivity index is 1.82. The molecule has 7 heteroatoms. The van der Waals surface area contributed by atoms with Gasteiger partial charge in [0.1, 0.15) is 11.6 Å². The van der Waals surface area contributed by atoms with Crippen LogP contribution in [0.5, 0.6) is 0 Å². The molecule has 20 heavy (non-hydrogen) atoms. The Hall–Kier alpha value is -1.21. The second kappa shape index (κ2) is 4.96. The molecule has 2 fully saturated rings. The van der Waals surface area contributed by atoms with Gasteiger partial charge in [0.2, 0.25) is 10.0 Å². The summed E-state index contributed by atoms with van der Waals surface area (Å²) in [6.07, 6.45) is 4.80. The van der Waals surface area contributed by atoms with Crippen LogP contribution in [0.2, 0.25) is 0 Å². The number of aromatic nitrogens is 2. The SMILES string of the molecule is CC1(c2nccc(NS(=O)(=O)C3CC3)n2)CCOCC1. The fourth-order valence-electron chi connectivity index (χ4n) is 2.36. The van der Waals surface area contributed by atoms with Crippen molar-refractivity contribution in [1.29, 1.82) is 0 Å². The number of anilines is 1. The first-order valence-electron chi connectivity index (χ1n) is 6.93. The van der Waals surface area contributed by atoms with Crippen LogP contribution in [0.1, 0.15) is 38.4 Å². The van der Waals surface area contributed by atoms with E-state index in [1.807, 2.05) is 0 Å². The maximum absolute atomic E-state index is 11.9. The van der Waals surface area contributed by atoms with E-state index in [1.54, 1.807) is 12.3 Å². The molecule has 110 valence electrons. The molecule has 1 aliphatic heterocycles. The normalized spacial score (nSPS) is 22.4. The Kier molecular flexibility index (Phi) is 3.41. The second-order valence-electron chi connectivity index (χ2n) is 5.78. The summed E-state index contributed by atoms with van der Waals surface area (Å²) in [5.74, 6) is 1.06. The van der Waals surface area contributed by atoms with Gasteiger partial charge < -0.3 is 4.74 Å². The molecule has 0 unspecified atom stereocenters. The minimum atomic E-state index is -3.27. The molecule has 1 aromatic rings. The van der Waals surface area contributed by atoms with Gasteiger partial charge in [0.25, 0.3) is 0 Å². The molecular formula is C13H19N3O3S. The lowest BCUT2D eigenvalue weighted by Crippen LogP contribution is -2.33. The van der Waals surface area contributed by atoms with E-state index in [-0.39, 0.29) is 10.7 Å². The van der Waals surface area contributed by atoms with Gasteiger partial charge in [-0.15, -0.1) is 0 Å². The Bertz CT molecular complexity index is 593. The summed E-state index contributed by atoms with van der Waals surface area (Å²) in [4.78, 5) is 8.73. The number of rotatable bonds is 4. The van der Waals surface area contributed by atoms with E-state index < -0.39 is 10.0 Å². The average Bonchev–Trinajstić information content (AvgIpc) is 3.24. The highest BCUT2D eigenvalue weighted by Crippen LogP contribution is 2.33. The van der Waals surface area contributed by atoms with Gasteiger partial charge in [0.15, 0.2) is 0 Å². The third kappa shape index (κ3) is 2.78. The fourth-order valence-corrected chi connectivity index (χ4v) is 3.69. The van der Waals surface area contributed by atoms with Crippen LogP contribution in [0.3, 0.4) is 0 Å². The van der Waals surface area contributed by atoms with Crippen molar-refractivity contribution in [3.63, 3.8) is 0 Å². The van der Waals surface area contributed by atoms with Gasteiger partial charge in [-0.25, -0.2) is 18.4 Å². The highest BCUT2D eigenvalue weighted by Gasteiger charge is 2.36. The molecule has 0 spiro atoms. The van der Waals surface area contributed by atoms with Gasteiger partial charge in [-0.1, -0.05) is 6.92 Å². The number of sulfonamides is 1. The first-order valence-corrected chi connectivity index (χ1v) is 8.47. The van der Waals surface area contributed by atoms with Gasteiger partial charge in [0, 0.05) is 24.8 Å². The summed E-state index contributed by atoms with van der Waals surface area (Å²) in [6.45, 7) is 3.49. The molecular weight excluding hydrogens is 278 g/mol. The summed E-state index contributed by atoms with van der Waals surface area (Å²) < 4.78 is 31.8. The maximum Gasteiger partial charge on any atom is 0.236 e. The molecule has 0 atom stereocenters. The Morgan fingerprint density at radius 1 is 1.35 bits per heavy atom. The van der Waals surface area contributed by atoms with Crippen LogP contribution in [0.25, 0.3) is 0 Å². The van der Waals surface area contributed by atoms with E-state index >= 15 is 0 Å². The predicted molar refractivity (Wildman–Crippen MR) is 75.0 cm³/mol. The molecule has 6 nitrogen and oxygen atoms in total. The Labute approximate surface area is 119 Å². The molecule has 1 saturated heterocycles. The van der Waals surface area contributed by atoms with E-state index in [4.69, 9.17) is 4.74 Å². The third-order valence-electron chi connectivity index (χ3n) is 4.00. The molecule has 0 aromatic carbocycles. The molecule has 2 aliphatic rings. The Morgan fingerprint density at radius 3 is 2.70 bits per heavy atom. The van der Waals surface area contributed by atoms with E-state index in [0.29, 0.717) is 24.9 Å². The molecule has 1 aliphatic carbocycles. The molecule has 3 rings (SSSR count). The zero-order valence-corrected chi connectivity index (χ0v) is 12.3. The Morgan fingerprint density at radius 2 is 2.05 bits per heavy atom. The molecule has 1 saturated carbocycles. The van der Waals surface area contributed by atoms with Gasteiger partial charge >= 0.3 is 0 Å².